The van der Waals surface area contributed by atoms with Crippen LogP contribution >= 0.6 is 11.8 Å². The van der Waals surface area contributed by atoms with Crippen molar-refractivity contribution in [2.45, 2.75) is 63.5 Å². The molecule has 1 amide bonds. The van der Waals surface area contributed by atoms with Crippen LogP contribution in [0.2, 0.25) is 0 Å². The molecule has 0 saturated carbocycles. The number of carbonyl (C=O) groups excluding carboxylic acids is 1. The molecule has 1 N–H and O–H groups in total. The number of carbonyl (C=O) groups is 1. The van der Waals surface area contributed by atoms with Crippen LogP contribution in [0.5, 0.6) is 0 Å². The number of rotatable bonds is 7. The van der Waals surface area contributed by atoms with Crippen molar-refractivity contribution in [2.75, 3.05) is 13.2 Å². The number of amides is 1. The Kier molecular flexibility index (Phi) is 6.97. The highest BCUT2D eigenvalue weighted by atomic mass is 32.2. The second-order valence-electron chi connectivity index (χ2n) is 8.07. The van der Waals surface area contributed by atoms with Crippen molar-refractivity contribution in [1.29, 1.82) is 0 Å². The number of hydrogen-bond donors (Lipinski definition) is 1. The van der Waals surface area contributed by atoms with E-state index in [1.165, 1.54) is 23.4 Å². The van der Waals surface area contributed by atoms with E-state index in [2.05, 4.69) is 15.3 Å². The minimum absolute atomic E-state index is 0.0611. The molecule has 1 fully saturated rings. The SMILES string of the molecule is Cc1nc(S[C@@H](C)C(=O)NC[C@@H]2CCCO2)c2c(=O)n(C)c(=O)n(CC(C)C)c2n1. The fourth-order valence-corrected chi connectivity index (χ4v) is 4.45. The van der Waals surface area contributed by atoms with Gasteiger partial charge in [0.1, 0.15) is 16.2 Å². The topological polar surface area (TPSA) is 108 Å². The molecule has 2 atom stereocenters. The molecular formula is C20H29N5O4S. The van der Waals surface area contributed by atoms with Gasteiger partial charge in [-0.2, -0.15) is 0 Å². The van der Waals surface area contributed by atoms with Crippen molar-refractivity contribution in [3.63, 3.8) is 0 Å². The number of thioether (sulfide) groups is 1. The highest BCUT2D eigenvalue weighted by Gasteiger charge is 2.23. The fourth-order valence-electron chi connectivity index (χ4n) is 3.44. The molecule has 0 aromatic carbocycles. The molecule has 2 aromatic heterocycles. The first-order valence-corrected chi connectivity index (χ1v) is 11.1. The average Bonchev–Trinajstić information content (AvgIpc) is 3.20. The fraction of sp³-hybridized carbons (Fsp3) is 0.650. The lowest BCUT2D eigenvalue weighted by molar-refractivity contribution is -0.120. The number of ether oxygens (including phenoxy) is 1. The van der Waals surface area contributed by atoms with E-state index in [0.29, 0.717) is 29.6 Å². The van der Waals surface area contributed by atoms with Crippen LogP contribution in [0.25, 0.3) is 11.0 Å². The van der Waals surface area contributed by atoms with Gasteiger partial charge in [0.15, 0.2) is 5.65 Å². The van der Waals surface area contributed by atoms with Crippen LogP contribution in [0.15, 0.2) is 14.6 Å². The first-order valence-electron chi connectivity index (χ1n) is 10.2. The van der Waals surface area contributed by atoms with E-state index in [0.717, 1.165) is 24.0 Å². The van der Waals surface area contributed by atoms with Crippen LogP contribution in [0.4, 0.5) is 0 Å². The van der Waals surface area contributed by atoms with Crippen LogP contribution in [0, 0.1) is 12.8 Å². The molecular weight excluding hydrogens is 406 g/mol. The predicted molar refractivity (Wildman–Crippen MR) is 116 cm³/mol. The van der Waals surface area contributed by atoms with E-state index in [4.69, 9.17) is 4.74 Å². The van der Waals surface area contributed by atoms with E-state index >= 15 is 0 Å². The molecule has 0 aliphatic carbocycles. The lowest BCUT2D eigenvalue weighted by atomic mass is 10.2. The molecule has 164 valence electrons. The Morgan fingerprint density at radius 3 is 2.67 bits per heavy atom. The summed E-state index contributed by atoms with van der Waals surface area (Å²) in [5.74, 6) is 0.492. The number of nitrogens with one attached hydrogen (secondary N) is 1. The quantitative estimate of drug-likeness (QED) is 0.515. The van der Waals surface area contributed by atoms with E-state index in [1.807, 2.05) is 13.8 Å². The molecule has 1 aliphatic heterocycles. The van der Waals surface area contributed by atoms with E-state index in [1.54, 1.807) is 13.8 Å². The smallest absolute Gasteiger partial charge is 0.332 e. The number of aromatic nitrogens is 4. The van der Waals surface area contributed by atoms with Crippen LogP contribution in [0.1, 0.15) is 39.4 Å². The summed E-state index contributed by atoms with van der Waals surface area (Å²) in [6.07, 6.45) is 2.02. The summed E-state index contributed by atoms with van der Waals surface area (Å²) in [6.45, 7) is 9.12. The molecule has 0 radical (unpaired) electrons. The summed E-state index contributed by atoms with van der Waals surface area (Å²) in [7, 11) is 1.45. The molecule has 1 aliphatic rings. The van der Waals surface area contributed by atoms with Gasteiger partial charge in [0.05, 0.1) is 11.4 Å². The van der Waals surface area contributed by atoms with Crippen LogP contribution in [-0.2, 0) is 23.1 Å². The molecule has 10 heteroatoms. The maximum atomic E-state index is 12.9. The molecule has 2 aromatic rings. The molecule has 3 heterocycles. The van der Waals surface area contributed by atoms with Gasteiger partial charge in [-0.25, -0.2) is 14.8 Å². The van der Waals surface area contributed by atoms with Gasteiger partial charge in [-0.15, -0.1) is 0 Å². The van der Waals surface area contributed by atoms with Gasteiger partial charge in [0.25, 0.3) is 5.56 Å². The number of fused-ring (bicyclic) bond motifs is 1. The van der Waals surface area contributed by atoms with Crippen molar-refractivity contribution in [2.24, 2.45) is 13.0 Å². The second kappa shape index (κ2) is 9.30. The maximum absolute atomic E-state index is 12.9. The van der Waals surface area contributed by atoms with Crippen molar-refractivity contribution >= 4 is 28.7 Å². The summed E-state index contributed by atoms with van der Waals surface area (Å²) < 4.78 is 8.14. The van der Waals surface area contributed by atoms with Crippen molar-refractivity contribution in [3.05, 3.63) is 26.7 Å². The zero-order valence-electron chi connectivity index (χ0n) is 18.1. The van der Waals surface area contributed by atoms with Crippen molar-refractivity contribution in [3.8, 4) is 0 Å². The third kappa shape index (κ3) is 4.75. The molecule has 3 rings (SSSR count). The second-order valence-corrected chi connectivity index (χ2v) is 9.40. The van der Waals surface area contributed by atoms with Gasteiger partial charge in [-0.3, -0.25) is 18.7 Å². The standard InChI is InChI=1S/C20H29N5O4S/c1-11(2)10-25-16-15(19(27)24(5)20(25)28)18(23-13(4)22-16)30-12(3)17(26)21-9-14-7-6-8-29-14/h11-12,14H,6-10H2,1-5H3,(H,21,26)/t12-,14-/m0/s1. The van der Waals surface area contributed by atoms with E-state index in [-0.39, 0.29) is 23.3 Å². The van der Waals surface area contributed by atoms with Crippen LogP contribution in [-0.4, -0.2) is 49.5 Å². The normalized spacial score (nSPS) is 17.6. The highest BCUT2D eigenvalue weighted by molar-refractivity contribution is 8.00. The van der Waals surface area contributed by atoms with E-state index in [9.17, 15) is 14.4 Å². The van der Waals surface area contributed by atoms with Crippen molar-refractivity contribution in [1.82, 2.24) is 24.4 Å². The third-order valence-corrected chi connectivity index (χ3v) is 6.08. The summed E-state index contributed by atoms with van der Waals surface area (Å²) >= 11 is 1.20. The Morgan fingerprint density at radius 1 is 1.30 bits per heavy atom. The van der Waals surface area contributed by atoms with Gasteiger partial charge < -0.3 is 10.1 Å². The first-order chi connectivity index (χ1) is 14.2. The average molecular weight is 436 g/mol. The minimum Gasteiger partial charge on any atom is -0.376 e. The number of nitrogens with zero attached hydrogens (tertiary/aromatic N) is 4. The van der Waals surface area contributed by atoms with Crippen LogP contribution < -0.4 is 16.6 Å². The molecule has 0 spiro atoms. The lowest BCUT2D eigenvalue weighted by Gasteiger charge is -2.17. The largest absolute Gasteiger partial charge is 0.376 e. The zero-order chi connectivity index (χ0) is 22.0. The Morgan fingerprint density at radius 2 is 2.03 bits per heavy atom. The van der Waals surface area contributed by atoms with Gasteiger partial charge in [-0.05, 0) is 32.6 Å². The van der Waals surface area contributed by atoms with Gasteiger partial charge in [-0.1, -0.05) is 25.6 Å². The molecule has 1 saturated heterocycles. The molecule has 30 heavy (non-hydrogen) atoms. The van der Waals surface area contributed by atoms with Crippen LogP contribution in [0.3, 0.4) is 0 Å². The predicted octanol–water partition coefficient (Wildman–Crippen LogP) is 1.23. The van der Waals surface area contributed by atoms with Crippen molar-refractivity contribution < 1.29 is 9.53 Å². The summed E-state index contributed by atoms with van der Waals surface area (Å²) in [6, 6.07) is 0. The molecule has 0 unspecified atom stereocenters. The Balaban J connectivity index is 1.95. The van der Waals surface area contributed by atoms with E-state index < -0.39 is 16.5 Å². The summed E-state index contributed by atoms with van der Waals surface area (Å²) in [4.78, 5) is 47.0. The summed E-state index contributed by atoms with van der Waals surface area (Å²) in [5.41, 5.74) is -0.541. The highest BCUT2D eigenvalue weighted by Crippen LogP contribution is 2.26. The van der Waals surface area contributed by atoms with Gasteiger partial charge in [0, 0.05) is 26.7 Å². The maximum Gasteiger partial charge on any atom is 0.332 e. The number of aryl methyl sites for hydroxylation is 1. The zero-order valence-corrected chi connectivity index (χ0v) is 18.9. The number of hydrogen-bond acceptors (Lipinski definition) is 7. The van der Waals surface area contributed by atoms with Gasteiger partial charge >= 0.3 is 5.69 Å². The first kappa shape index (κ1) is 22.5. The molecule has 0 bridgehead atoms. The Hall–Kier alpha value is -2.20. The molecule has 9 nitrogen and oxygen atoms in total. The van der Waals surface area contributed by atoms with Gasteiger partial charge in [0.2, 0.25) is 5.91 Å². The Labute approximate surface area is 179 Å². The minimum atomic E-state index is -0.473. The monoisotopic (exact) mass is 435 g/mol. The Bertz CT molecular complexity index is 1060. The third-order valence-electron chi connectivity index (χ3n) is 4.99. The lowest BCUT2D eigenvalue weighted by Crippen LogP contribution is -2.40. The summed E-state index contributed by atoms with van der Waals surface area (Å²) in [5, 5.41) is 3.12.